The summed E-state index contributed by atoms with van der Waals surface area (Å²) in [6, 6.07) is 8.33. The highest BCUT2D eigenvalue weighted by Crippen LogP contribution is 2.36. The van der Waals surface area contributed by atoms with Crippen LogP contribution in [0.3, 0.4) is 0 Å². The van der Waals surface area contributed by atoms with Crippen LogP contribution in [-0.2, 0) is 21.9 Å². The molecule has 1 aromatic rings. The Hall–Kier alpha value is -0.750. The number of phosphoric ester groups is 1. The average molecular weight is 389 g/mol. The fourth-order valence-electron chi connectivity index (χ4n) is 2.78. The Kier molecular flexibility index (Phi) is 10.6. The van der Waals surface area contributed by atoms with Crippen molar-refractivity contribution in [3.63, 3.8) is 0 Å². The maximum atomic E-state index is 10.8. The van der Waals surface area contributed by atoms with E-state index in [1.807, 2.05) is 12.1 Å². The fraction of sp³-hybridized carbons (Fsp3) is 0.684. The van der Waals surface area contributed by atoms with Crippen molar-refractivity contribution in [3.8, 4) is 0 Å². The molecule has 26 heavy (non-hydrogen) atoms. The summed E-state index contributed by atoms with van der Waals surface area (Å²) in [5, 5.41) is 9.42. The summed E-state index contributed by atoms with van der Waals surface area (Å²) in [6.45, 7) is 1.44. The predicted molar refractivity (Wildman–Crippen MR) is 106 cm³/mol. The topological polar surface area (TPSA) is 113 Å². The molecule has 0 saturated carbocycles. The van der Waals surface area contributed by atoms with Crippen molar-refractivity contribution in [1.29, 1.82) is 0 Å². The van der Waals surface area contributed by atoms with E-state index in [-0.39, 0.29) is 9.46 Å². The van der Waals surface area contributed by atoms with E-state index >= 15 is 0 Å². The van der Waals surface area contributed by atoms with Crippen LogP contribution in [0.5, 0.6) is 0 Å². The minimum Gasteiger partial charge on any atom is -0.394 e. The first-order valence-electron chi connectivity index (χ1n) is 9.45. The molecule has 5 N–H and O–H groups in total. The van der Waals surface area contributed by atoms with Gasteiger partial charge in [-0.25, -0.2) is 4.57 Å². The lowest BCUT2D eigenvalue weighted by Gasteiger charge is -2.27. The van der Waals surface area contributed by atoms with Gasteiger partial charge in [0.15, 0.2) is 0 Å². The summed E-state index contributed by atoms with van der Waals surface area (Å²) >= 11 is 0. The van der Waals surface area contributed by atoms with Gasteiger partial charge in [0.1, 0.15) is 0 Å². The van der Waals surface area contributed by atoms with E-state index in [9.17, 15) is 9.67 Å². The molecule has 0 saturated heterocycles. The van der Waals surface area contributed by atoms with Gasteiger partial charge in [-0.1, -0.05) is 63.3 Å². The summed E-state index contributed by atoms with van der Waals surface area (Å²) in [5.41, 5.74) is 7.21. The number of benzene rings is 1. The lowest BCUT2D eigenvalue weighted by atomic mass is 9.93. The number of rotatable bonds is 14. The number of hydrogen-bond acceptors (Lipinski definition) is 4. The Morgan fingerprint density at radius 2 is 1.58 bits per heavy atom. The van der Waals surface area contributed by atoms with Gasteiger partial charge in [-0.2, -0.15) is 0 Å². The standard InChI is InChI=1S/C19H34NO5P/c1-2-3-4-5-6-7-8-17-9-11-18(12-10-17)13-14-19(20,15-21)16-25-26(22,23)24/h9-12,21H,2-8,13-16,20H2,1H3,(H2,22,23,24)/p+2. The molecule has 1 rings (SSSR count). The Morgan fingerprint density at radius 1 is 1.04 bits per heavy atom. The van der Waals surface area contributed by atoms with Gasteiger partial charge in [0.25, 0.3) is 0 Å². The first-order chi connectivity index (χ1) is 12.3. The first kappa shape index (κ1) is 23.3. The number of nitrogens with two attached hydrogens (primary N) is 1. The molecule has 0 aliphatic rings. The smallest absolute Gasteiger partial charge is 0.394 e. The molecule has 7 heteroatoms. The van der Waals surface area contributed by atoms with Gasteiger partial charge in [-0.05, 0) is 36.8 Å². The molecule has 150 valence electrons. The van der Waals surface area contributed by atoms with Gasteiger partial charge >= 0.3 is 10.7 Å². The van der Waals surface area contributed by atoms with Gasteiger partial charge in [0.05, 0.1) is 18.8 Å². The minimum absolute atomic E-state index is 0. The highest BCUT2D eigenvalue weighted by Gasteiger charge is 2.28. The fourth-order valence-corrected chi connectivity index (χ4v) is 3.21. The van der Waals surface area contributed by atoms with Crippen LogP contribution >= 0.6 is 7.82 Å². The van der Waals surface area contributed by atoms with Crippen molar-refractivity contribution in [2.75, 3.05) is 13.2 Å². The zero-order valence-corrected chi connectivity index (χ0v) is 16.7. The maximum absolute atomic E-state index is 10.8. The summed E-state index contributed by atoms with van der Waals surface area (Å²) < 4.78 is 15.3. The lowest BCUT2D eigenvalue weighted by molar-refractivity contribution is 0.102. The molecule has 1 atom stereocenters. The van der Waals surface area contributed by atoms with Crippen LogP contribution in [0, 0.1) is 0 Å². The highest BCUT2D eigenvalue weighted by molar-refractivity contribution is 7.46. The second kappa shape index (κ2) is 11.9. The number of aliphatic hydroxyl groups excluding tert-OH is 1. The number of unbranched alkanes of at least 4 members (excludes halogenated alkanes) is 5. The number of aliphatic hydroxyl groups is 1. The third-order valence-corrected chi connectivity index (χ3v) is 5.05. The van der Waals surface area contributed by atoms with Crippen LogP contribution in [0.1, 0.15) is 65.8 Å². The summed E-state index contributed by atoms with van der Waals surface area (Å²) in [5.74, 6) is 0. The predicted octanol–water partition coefficient (Wildman–Crippen LogP) is 3.55. The quantitative estimate of drug-likeness (QED) is 0.286. The third-order valence-electron chi connectivity index (χ3n) is 4.59. The normalized spacial score (nSPS) is 14.3. The van der Waals surface area contributed by atoms with Crippen LogP contribution in [0.25, 0.3) is 0 Å². The summed E-state index contributed by atoms with van der Waals surface area (Å²) in [7, 11) is -4.59. The molecule has 6 nitrogen and oxygen atoms in total. The molecule has 1 aromatic carbocycles. The monoisotopic (exact) mass is 389 g/mol. The van der Waals surface area contributed by atoms with Crippen molar-refractivity contribution in [1.82, 2.24) is 0 Å². The molecule has 0 aromatic heterocycles. The molecular formula is C19H36NO5P+2. The van der Waals surface area contributed by atoms with Crippen molar-refractivity contribution < 1.29 is 26.8 Å². The highest BCUT2D eigenvalue weighted by atomic mass is 31.2. The van der Waals surface area contributed by atoms with Crippen molar-refractivity contribution >= 4 is 7.82 Å². The SMILES string of the molecule is CCCCCCCCc1ccc(CCC(N)(CO)COP(=O)(O)O)cc1.[H+].[H+]. The van der Waals surface area contributed by atoms with Gasteiger partial charge < -0.3 is 20.6 Å². The first-order valence-corrected chi connectivity index (χ1v) is 11.0. The number of phosphoric acid groups is 1. The summed E-state index contributed by atoms with van der Waals surface area (Å²) in [4.78, 5) is 17.6. The van der Waals surface area contributed by atoms with Gasteiger partial charge in [0, 0.05) is 0 Å². The molecule has 0 bridgehead atoms. The average Bonchev–Trinajstić information content (AvgIpc) is 2.61. The van der Waals surface area contributed by atoms with E-state index in [2.05, 4.69) is 23.6 Å². The van der Waals surface area contributed by atoms with Crippen molar-refractivity contribution in [3.05, 3.63) is 35.4 Å². The molecule has 0 spiro atoms. The molecular weight excluding hydrogens is 353 g/mol. The van der Waals surface area contributed by atoms with Crippen molar-refractivity contribution in [2.24, 2.45) is 5.73 Å². The van der Waals surface area contributed by atoms with Crippen LogP contribution in [0.4, 0.5) is 0 Å². The Morgan fingerprint density at radius 3 is 2.12 bits per heavy atom. The van der Waals surface area contributed by atoms with E-state index in [0.717, 1.165) is 12.0 Å². The van der Waals surface area contributed by atoms with E-state index in [0.29, 0.717) is 12.8 Å². The van der Waals surface area contributed by atoms with Crippen LogP contribution in [-0.4, -0.2) is 33.6 Å². The second-order valence-electron chi connectivity index (χ2n) is 7.12. The third kappa shape index (κ3) is 10.4. The van der Waals surface area contributed by atoms with Crippen LogP contribution < -0.4 is 5.73 Å². The summed E-state index contributed by atoms with van der Waals surface area (Å²) in [6.07, 6.45) is 9.78. The van der Waals surface area contributed by atoms with Crippen LogP contribution in [0.15, 0.2) is 24.3 Å². The van der Waals surface area contributed by atoms with E-state index in [4.69, 9.17) is 15.5 Å². The van der Waals surface area contributed by atoms with E-state index < -0.39 is 20.0 Å². The minimum atomic E-state index is -4.59. The van der Waals surface area contributed by atoms with Gasteiger partial charge in [-0.15, -0.1) is 0 Å². The second-order valence-corrected chi connectivity index (χ2v) is 8.36. The molecule has 1 unspecified atom stereocenters. The zero-order valence-electron chi connectivity index (χ0n) is 17.8. The molecule has 0 fully saturated rings. The van der Waals surface area contributed by atoms with Gasteiger partial charge in [0.2, 0.25) is 0 Å². The molecule has 0 radical (unpaired) electrons. The Bertz CT molecular complexity index is 556. The zero-order chi connectivity index (χ0) is 19.5. The number of aryl methyl sites for hydroxylation is 2. The Labute approximate surface area is 160 Å². The van der Waals surface area contributed by atoms with Gasteiger partial charge in [-0.3, -0.25) is 4.52 Å². The molecule has 0 aliphatic heterocycles. The maximum Gasteiger partial charge on any atom is 1.00 e. The molecule has 0 amide bonds. The van der Waals surface area contributed by atoms with E-state index in [1.165, 1.54) is 44.1 Å². The van der Waals surface area contributed by atoms with Crippen molar-refractivity contribution in [2.45, 2.75) is 70.3 Å². The molecule has 0 heterocycles. The Balaban J connectivity index is 0. The molecule has 0 aliphatic carbocycles. The number of hydrogen-bond donors (Lipinski definition) is 4. The van der Waals surface area contributed by atoms with E-state index in [1.54, 1.807) is 0 Å². The van der Waals surface area contributed by atoms with Crippen LogP contribution in [0.2, 0.25) is 0 Å². The lowest BCUT2D eigenvalue weighted by Crippen LogP contribution is -2.48. The largest absolute Gasteiger partial charge is 1.00 e.